The van der Waals surface area contributed by atoms with Crippen LogP contribution in [-0.4, -0.2) is 52.2 Å². The molecule has 0 aliphatic carbocycles. The van der Waals surface area contributed by atoms with Crippen molar-refractivity contribution in [1.82, 2.24) is 19.5 Å². The van der Waals surface area contributed by atoms with Gasteiger partial charge < -0.3 is 29.8 Å². The number of nitrogen functional groups attached to an aromatic ring is 1. The third-order valence-electron chi connectivity index (χ3n) is 4.94. The highest BCUT2D eigenvalue weighted by Gasteiger charge is 2.20. The van der Waals surface area contributed by atoms with E-state index < -0.39 is 5.97 Å². The first-order valence-corrected chi connectivity index (χ1v) is 11.1. The zero-order chi connectivity index (χ0) is 24.1. The number of hydrogen-bond acceptors (Lipinski definition) is 10. The van der Waals surface area contributed by atoms with Gasteiger partial charge in [0.05, 0.1) is 43.3 Å². The molecule has 3 aromatic heterocycles. The Morgan fingerprint density at radius 3 is 2.68 bits per heavy atom. The number of aryl methyl sites for hydroxylation is 1. The Morgan fingerprint density at radius 2 is 1.94 bits per heavy atom. The maximum atomic E-state index is 12.9. The standard InChI is InChI=1S/C22H22N6O5S/c1-31-15-9-13(14(10-16(15)32-2)27-21(29)17-5-3-8-34-17)22(30)33-7-4-6-28-12-26-18-19(23)24-11-25-20(18)28/h3,5,8-12H,4,6-7H2,1-2H3,(H,27,29)(H2,23,24,25). The number of hydrogen-bond donors (Lipinski definition) is 2. The van der Waals surface area contributed by atoms with E-state index in [1.807, 2.05) is 4.57 Å². The van der Waals surface area contributed by atoms with E-state index in [-0.39, 0.29) is 23.8 Å². The Bertz CT molecular complexity index is 1320. The van der Waals surface area contributed by atoms with E-state index in [9.17, 15) is 9.59 Å². The van der Waals surface area contributed by atoms with Crippen LogP contribution in [0.1, 0.15) is 26.5 Å². The average Bonchev–Trinajstić information content (AvgIpc) is 3.52. The van der Waals surface area contributed by atoms with Gasteiger partial charge in [0.2, 0.25) is 0 Å². The normalized spacial score (nSPS) is 10.8. The van der Waals surface area contributed by atoms with Gasteiger partial charge in [-0.05, 0) is 17.9 Å². The van der Waals surface area contributed by atoms with Crippen LogP contribution in [0.15, 0.2) is 42.3 Å². The van der Waals surface area contributed by atoms with Crippen molar-refractivity contribution in [3.63, 3.8) is 0 Å². The van der Waals surface area contributed by atoms with E-state index in [4.69, 9.17) is 19.9 Å². The molecular formula is C22H22N6O5S. The largest absolute Gasteiger partial charge is 0.493 e. The summed E-state index contributed by atoms with van der Waals surface area (Å²) in [6.07, 6.45) is 3.49. The molecule has 0 unspecified atom stereocenters. The maximum absolute atomic E-state index is 12.9. The lowest BCUT2D eigenvalue weighted by molar-refractivity contribution is 0.0497. The third kappa shape index (κ3) is 4.76. The van der Waals surface area contributed by atoms with E-state index >= 15 is 0 Å². The summed E-state index contributed by atoms with van der Waals surface area (Å²) in [5.41, 5.74) is 7.35. The van der Waals surface area contributed by atoms with Crippen LogP contribution in [0.2, 0.25) is 0 Å². The van der Waals surface area contributed by atoms with Crippen molar-refractivity contribution in [1.29, 1.82) is 0 Å². The molecule has 0 bridgehead atoms. The number of rotatable bonds is 9. The minimum atomic E-state index is -0.607. The highest BCUT2D eigenvalue weighted by molar-refractivity contribution is 7.12. The second-order valence-corrected chi connectivity index (χ2v) is 7.99. The number of esters is 1. The average molecular weight is 483 g/mol. The van der Waals surface area contributed by atoms with Crippen molar-refractivity contribution in [3.05, 3.63) is 52.7 Å². The monoisotopic (exact) mass is 482 g/mol. The summed E-state index contributed by atoms with van der Waals surface area (Å²) in [4.78, 5) is 38.3. The van der Waals surface area contributed by atoms with Crippen LogP contribution in [-0.2, 0) is 11.3 Å². The summed E-state index contributed by atoms with van der Waals surface area (Å²) in [7, 11) is 2.93. The molecule has 0 fully saturated rings. The number of thiophene rings is 1. The van der Waals surface area contributed by atoms with Gasteiger partial charge in [0, 0.05) is 18.7 Å². The molecule has 1 amide bonds. The minimum Gasteiger partial charge on any atom is -0.493 e. The van der Waals surface area contributed by atoms with Gasteiger partial charge in [-0.15, -0.1) is 11.3 Å². The first-order chi connectivity index (χ1) is 16.5. The molecule has 0 saturated carbocycles. The summed E-state index contributed by atoms with van der Waals surface area (Å²) in [5, 5.41) is 4.55. The fourth-order valence-electron chi connectivity index (χ4n) is 3.28. The molecule has 0 radical (unpaired) electrons. The van der Waals surface area contributed by atoms with Crippen LogP contribution >= 0.6 is 11.3 Å². The van der Waals surface area contributed by atoms with Crippen molar-refractivity contribution in [2.75, 3.05) is 31.9 Å². The fraction of sp³-hybridized carbons (Fsp3) is 0.227. The Morgan fingerprint density at radius 1 is 1.15 bits per heavy atom. The second-order valence-electron chi connectivity index (χ2n) is 7.04. The van der Waals surface area contributed by atoms with Gasteiger partial charge in [0.1, 0.15) is 11.8 Å². The fourth-order valence-corrected chi connectivity index (χ4v) is 3.90. The summed E-state index contributed by atoms with van der Waals surface area (Å²) in [5.74, 6) is 0.0641. The molecule has 11 nitrogen and oxygen atoms in total. The topological polar surface area (TPSA) is 143 Å². The SMILES string of the molecule is COc1cc(NC(=O)c2cccs2)c(C(=O)OCCCn2cnc3c(N)ncnc32)cc1OC. The number of nitrogens with one attached hydrogen (secondary N) is 1. The quantitative estimate of drug-likeness (QED) is 0.272. The van der Waals surface area contributed by atoms with Gasteiger partial charge in [-0.1, -0.05) is 6.07 Å². The number of carbonyl (C=O) groups excluding carboxylic acids is 2. The summed E-state index contributed by atoms with van der Waals surface area (Å²) >= 11 is 1.29. The smallest absolute Gasteiger partial charge is 0.340 e. The van der Waals surface area contributed by atoms with E-state index in [1.54, 1.807) is 23.8 Å². The number of anilines is 2. The van der Waals surface area contributed by atoms with E-state index in [1.165, 1.54) is 44.0 Å². The molecule has 176 valence electrons. The van der Waals surface area contributed by atoms with Crippen molar-refractivity contribution in [3.8, 4) is 11.5 Å². The summed E-state index contributed by atoms with van der Waals surface area (Å²) in [6.45, 7) is 0.639. The highest BCUT2D eigenvalue weighted by Crippen LogP contribution is 2.34. The molecule has 12 heteroatoms. The molecule has 0 saturated heterocycles. The number of nitrogens with zero attached hydrogens (tertiary/aromatic N) is 4. The molecule has 4 rings (SSSR count). The van der Waals surface area contributed by atoms with E-state index in [2.05, 4.69) is 20.3 Å². The maximum Gasteiger partial charge on any atom is 0.340 e. The van der Waals surface area contributed by atoms with Gasteiger partial charge in [-0.3, -0.25) is 4.79 Å². The zero-order valence-corrected chi connectivity index (χ0v) is 19.3. The van der Waals surface area contributed by atoms with Crippen LogP contribution in [0.4, 0.5) is 11.5 Å². The molecule has 4 aromatic rings. The lowest BCUT2D eigenvalue weighted by Crippen LogP contribution is -2.16. The molecule has 0 aliphatic rings. The number of fused-ring (bicyclic) bond motifs is 1. The van der Waals surface area contributed by atoms with Gasteiger partial charge in [-0.25, -0.2) is 19.7 Å². The summed E-state index contributed by atoms with van der Waals surface area (Å²) in [6, 6.07) is 6.47. The van der Waals surface area contributed by atoms with Crippen LogP contribution in [0.25, 0.3) is 11.2 Å². The number of nitrogens with two attached hydrogens (primary N) is 1. The number of aromatic nitrogens is 4. The van der Waals surface area contributed by atoms with Crippen molar-refractivity contribution < 1.29 is 23.8 Å². The Balaban J connectivity index is 1.46. The van der Waals surface area contributed by atoms with Gasteiger partial charge in [0.15, 0.2) is 23.0 Å². The number of benzene rings is 1. The molecule has 3 N–H and O–H groups in total. The summed E-state index contributed by atoms with van der Waals surface area (Å²) < 4.78 is 17.9. The Labute approximate surface area is 198 Å². The number of imidazole rings is 1. The van der Waals surface area contributed by atoms with E-state index in [0.717, 1.165) is 0 Å². The van der Waals surface area contributed by atoms with Gasteiger partial charge in [0.25, 0.3) is 5.91 Å². The van der Waals surface area contributed by atoms with E-state index in [0.29, 0.717) is 46.3 Å². The predicted molar refractivity (Wildman–Crippen MR) is 126 cm³/mol. The number of carbonyl (C=O) groups is 2. The predicted octanol–water partition coefficient (Wildman–Crippen LogP) is 2.99. The Kier molecular flexibility index (Phi) is 6.87. The minimum absolute atomic E-state index is 0.131. The zero-order valence-electron chi connectivity index (χ0n) is 18.5. The molecule has 34 heavy (non-hydrogen) atoms. The molecule has 0 atom stereocenters. The number of methoxy groups -OCH3 is 2. The second kappa shape index (κ2) is 10.2. The molecule has 1 aromatic carbocycles. The number of amides is 1. The van der Waals surface area contributed by atoms with Crippen LogP contribution < -0.4 is 20.5 Å². The van der Waals surface area contributed by atoms with Crippen LogP contribution in [0.3, 0.4) is 0 Å². The van der Waals surface area contributed by atoms with Crippen LogP contribution in [0, 0.1) is 0 Å². The molecule has 0 aliphatic heterocycles. The highest BCUT2D eigenvalue weighted by atomic mass is 32.1. The lowest BCUT2D eigenvalue weighted by Gasteiger charge is -2.15. The van der Waals surface area contributed by atoms with Crippen molar-refractivity contribution in [2.45, 2.75) is 13.0 Å². The lowest BCUT2D eigenvalue weighted by atomic mass is 10.1. The first kappa shape index (κ1) is 23.0. The van der Waals surface area contributed by atoms with Gasteiger partial charge in [-0.2, -0.15) is 0 Å². The van der Waals surface area contributed by atoms with Crippen molar-refractivity contribution in [2.24, 2.45) is 0 Å². The van der Waals surface area contributed by atoms with Crippen LogP contribution in [0.5, 0.6) is 11.5 Å². The number of ether oxygens (including phenoxy) is 3. The molecule has 3 heterocycles. The Hall–Kier alpha value is -4.19. The molecule has 0 spiro atoms. The van der Waals surface area contributed by atoms with Gasteiger partial charge >= 0.3 is 5.97 Å². The first-order valence-electron chi connectivity index (χ1n) is 10.2. The molecular weight excluding hydrogens is 460 g/mol. The van der Waals surface area contributed by atoms with Crippen molar-refractivity contribution >= 4 is 45.9 Å². The third-order valence-corrected chi connectivity index (χ3v) is 5.81.